The molecular weight excluding hydrogens is 483 g/mol. The summed E-state index contributed by atoms with van der Waals surface area (Å²) >= 11 is 0. The van der Waals surface area contributed by atoms with Crippen LogP contribution in [0.5, 0.6) is 11.5 Å². The van der Waals surface area contributed by atoms with E-state index in [0.29, 0.717) is 34.3 Å². The molecule has 7 nitrogen and oxygen atoms in total. The number of rotatable bonds is 7. The van der Waals surface area contributed by atoms with Crippen LogP contribution >= 0.6 is 0 Å². The highest BCUT2D eigenvalue weighted by atomic mass is 19.4. The lowest BCUT2D eigenvalue weighted by Gasteiger charge is -2.21. The number of alkyl halides is 3. The second-order valence-corrected chi connectivity index (χ2v) is 9.10. The Bertz CT molecular complexity index is 1410. The summed E-state index contributed by atoms with van der Waals surface area (Å²) in [6.07, 6.45) is -0.763. The Hall–Kier alpha value is -3.92. The maximum Gasteiger partial charge on any atom is 0.416 e. The number of Topliss-reactive ketones (excluding diaryl/α,β-unsaturated/α-hetero) is 1. The van der Waals surface area contributed by atoms with Gasteiger partial charge < -0.3 is 19.9 Å². The number of hydrogen-bond acceptors (Lipinski definition) is 6. The molecule has 1 fully saturated rings. The number of carbonyl (C=O) groups excluding carboxylic acids is 1. The molecule has 0 spiro atoms. The summed E-state index contributed by atoms with van der Waals surface area (Å²) in [6.45, 7) is 1.73. The predicted octanol–water partition coefficient (Wildman–Crippen LogP) is 5.63. The number of benzene rings is 2. The number of carbonyl (C=O) groups is 1. The summed E-state index contributed by atoms with van der Waals surface area (Å²) in [7, 11) is 1.82. The lowest BCUT2D eigenvalue weighted by Crippen LogP contribution is -2.32. The number of fused-ring (bicyclic) bond motifs is 1. The third-order valence-corrected chi connectivity index (χ3v) is 6.49. The average Bonchev–Trinajstić information content (AvgIpc) is 3.18. The van der Waals surface area contributed by atoms with Crippen molar-refractivity contribution in [2.45, 2.75) is 25.4 Å². The number of piperidine rings is 1. The molecule has 10 heteroatoms. The number of nitrogens with one attached hydrogen (secondary N) is 2. The summed E-state index contributed by atoms with van der Waals surface area (Å²) in [4.78, 5) is 21.5. The molecule has 3 heterocycles. The molecule has 0 unspecified atom stereocenters. The van der Waals surface area contributed by atoms with Gasteiger partial charge in [0.2, 0.25) is 5.95 Å². The van der Waals surface area contributed by atoms with Crippen LogP contribution in [0.4, 0.5) is 24.8 Å². The van der Waals surface area contributed by atoms with Gasteiger partial charge in [-0.15, -0.1) is 0 Å². The summed E-state index contributed by atoms with van der Waals surface area (Å²) in [5, 5.41) is 6.33. The molecule has 1 aliphatic heterocycles. The lowest BCUT2D eigenvalue weighted by atomic mass is 9.91. The third-order valence-electron chi connectivity index (χ3n) is 6.49. The van der Waals surface area contributed by atoms with Crippen molar-refractivity contribution in [2.75, 3.05) is 18.4 Å². The van der Waals surface area contributed by atoms with Crippen molar-refractivity contribution in [2.24, 2.45) is 13.0 Å². The molecule has 0 saturated carbocycles. The first-order valence-corrected chi connectivity index (χ1v) is 12.0. The van der Waals surface area contributed by atoms with Gasteiger partial charge >= 0.3 is 6.18 Å². The molecule has 0 amide bonds. The van der Waals surface area contributed by atoms with Crippen LogP contribution in [0.3, 0.4) is 0 Å². The van der Waals surface area contributed by atoms with Crippen LogP contribution in [0, 0.1) is 5.92 Å². The number of aryl methyl sites for hydroxylation is 1. The van der Waals surface area contributed by atoms with E-state index < -0.39 is 11.7 Å². The third kappa shape index (κ3) is 5.75. The Labute approximate surface area is 211 Å². The number of halogens is 3. The Balaban J connectivity index is 1.29. The number of hydrogen-bond donors (Lipinski definition) is 2. The van der Waals surface area contributed by atoms with E-state index in [9.17, 15) is 18.0 Å². The van der Waals surface area contributed by atoms with Gasteiger partial charge in [-0.25, -0.2) is 4.98 Å². The first-order chi connectivity index (χ1) is 17.8. The number of anilines is 2. The normalized spacial score (nSPS) is 14.6. The van der Waals surface area contributed by atoms with Crippen molar-refractivity contribution in [1.82, 2.24) is 19.9 Å². The Morgan fingerprint density at radius 1 is 1.08 bits per heavy atom. The quantitative estimate of drug-likeness (QED) is 0.336. The molecule has 192 valence electrons. The zero-order valence-corrected chi connectivity index (χ0v) is 20.2. The molecule has 5 rings (SSSR count). The molecule has 2 aromatic carbocycles. The second-order valence-electron chi connectivity index (χ2n) is 9.10. The zero-order chi connectivity index (χ0) is 26.0. The second kappa shape index (κ2) is 10.2. The van der Waals surface area contributed by atoms with Crippen LogP contribution in [0.1, 0.15) is 24.1 Å². The van der Waals surface area contributed by atoms with E-state index >= 15 is 0 Å². The van der Waals surface area contributed by atoms with Crippen molar-refractivity contribution >= 4 is 28.5 Å². The Morgan fingerprint density at radius 2 is 1.81 bits per heavy atom. The van der Waals surface area contributed by atoms with Gasteiger partial charge in [-0.1, -0.05) is 0 Å². The van der Waals surface area contributed by atoms with E-state index in [4.69, 9.17) is 4.74 Å². The van der Waals surface area contributed by atoms with Gasteiger partial charge in [-0.3, -0.25) is 9.78 Å². The number of imidazole rings is 1. The van der Waals surface area contributed by atoms with Gasteiger partial charge in [0.05, 0.1) is 22.3 Å². The van der Waals surface area contributed by atoms with Crippen molar-refractivity contribution in [3.63, 3.8) is 0 Å². The van der Waals surface area contributed by atoms with Crippen LogP contribution < -0.4 is 15.4 Å². The van der Waals surface area contributed by atoms with Crippen LogP contribution in [0.15, 0.2) is 60.8 Å². The predicted molar refractivity (Wildman–Crippen MR) is 134 cm³/mol. The molecular formula is C27H26F3N5O2. The Morgan fingerprint density at radius 3 is 2.54 bits per heavy atom. The van der Waals surface area contributed by atoms with Gasteiger partial charge in [0.15, 0.2) is 0 Å². The number of aromatic nitrogens is 3. The molecule has 0 atom stereocenters. The smallest absolute Gasteiger partial charge is 0.416 e. The molecule has 2 aromatic heterocycles. The molecule has 2 N–H and O–H groups in total. The first-order valence-electron chi connectivity index (χ1n) is 12.0. The molecule has 37 heavy (non-hydrogen) atoms. The van der Waals surface area contributed by atoms with Crippen molar-refractivity contribution in [3.05, 3.63) is 72.1 Å². The summed E-state index contributed by atoms with van der Waals surface area (Å²) in [5.41, 5.74) is 1.93. The lowest BCUT2D eigenvalue weighted by molar-refractivity contribution is -0.137. The molecule has 4 aromatic rings. The van der Waals surface area contributed by atoms with Gasteiger partial charge in [0.25, 0.3) is 0 Å². The van der Waals surface area contributed by atoms with E-state index in [-0.39, 0.29) is 18.1 Å². The number of ketones is 1. The van der Waals surface area contributed by atoms with E-state index in [2.05, 4.69) is 20.6 Å². The number of nitrogens with zero attached hydrogens (tertiary/aromatic N) is 3. The minimum absolute atomic E-state index is 0.0737. The monoisotopic (exact) mass is 509 g/mol. The fourth-order valence-electron chi connectivity index (χ4n) is 4.45. The number of ether oxygens (including phenoxy) is 1. The maximum absolute atomic E-state index is 12.8. The molecule has 0 bridgehead atoms. The van der Waals surface area contributed by atoms with Crippen LogP contribution in [0.25, 0.3) is 11.0 Å². The summed E-state index contributed by atoms with van der Waals surface area (Å²) < 4.78 is 46.3. The Kier molecular flexibility index (Phi) is 6.84. The minimum atomic E-state index is -4.38. The largest absolute Gasteiger partial charge is 0.457 e. The minimum Gasteiger partial charge on any atom is -0.457 e. The van der Waals surface area contributed by atoms with Crippen molar-refractivity contribution in [1.29, 1.82) is 0 Å². The topological polar surface area (TPSA) is 81.1 Å². The molecule has 1 aliphatic rings. The highest BCUT2D eigenvalue weighted by Crippen LogP contribution is 2.31. The SMILES string of the molecule is Cn1c(Nc2ccc(C(F)(F)F)cc2)nc2cc(Oc3ccnc(CC(=O)C4CCNCC4)c3)ccc21. The van der Waals surface area contributed by atoms with Crippen molar-refractivity contribution in [3.8, 4) is 11.5 Å². The fourth-order valence-corrected chi connectivity index (χ4v) is 4.45. The molecule has 0 aliphatic carbocycles. The molecule has 1 saturated heterocycles. The van der Waals surface area contributed by atoms with E-state index in [1.54, 1.807) is 24.4 Å². The average molecular weight is 510 g/mol. The molecule has 0 radical (unpaired) electrons. The van der Waals surface area contributed by atoms with Gasteiger partial charge in [0, 0.05) is 43.4 Å². The van der Waals surface area contributed by atoms with Crippen LogP contribution in [0.2, 0.25) is 0 Å². The van der Waals surface area contributed by atoms with Crippen molar-refractivity contribution < 1.29 is 22.7 Å². The van der Waals surface area contributed by atoms with Gasteiger partial charge in [0.1, 0.15) is 17.3 Å². The van der Waals surface area contributed by atoms with Gasteiger partial charge in [-0.05, 0) is 68.4 Å². The maximum atomic E-state index is 12.8. The van der Waals surface area contributed by atoms with E-state index in [1.807, 2.05) is 23.7 Å². The van der Waals surface area contributed by atoms with E-state index in [0.717, 1.165) is 43.6 Å². The van der Waals surface area contributed by atoms with Crippen LogP contribution in [-0.4, -0.2) is 33.4 Å². The van der Waals surface area contributed by atoms with Gasteiger partial charge in [-0.2, -0.15) is 13.2 Å². The highest BCUT2D eigenvalue weighted by molar-refractivity contribution is 5.83. The number of pyridine rings is 1. The summed E-state index contributed by atoms with van der Waals surface area (Å²) in [5.74, 6) is 1.89. The standard InChI is InChI=1S/C27H26F3N5O2/c1-35-24-7-6-21(16-23(24)34-26(35)33-19-4-2-18(3-5-19)27(28,29)30)37-22-10-13-32-20(14-22)15-25(36)17-8-11-31-12-9-17/h2-7,10,13-14,16-17,31H,8-9,11-12,15H2,1H3,(H,33,34). The zero-order valence-electron chi connectivity index (χ0n) is 20.2. The first kappa shape index (κ1) is 24.8. The summed E-state index contributed by atoms with van der Waals surface area (Å²) in [6, 6.07) is 13.8. The highest BCUT2D eigenvalue weighted by Gasteiger charge is 2.30. The fraction of sp³-hybridized carbons (Fsp3) is 0.296. The van der Waals surface area contributed by atoms with Crippen LogP contribution in [-0.2, 0) is 24.4 Å². The van der Waals surface area contributed by atoms with E-state index in [1.165, 1.54) is 12.1 Å².